The van der Waals surface area contributed by atoms with Gasteiger partial charge < -0.3 is 20.1 Å². The molecule has 0 bridgehead atoms. The first-order valence-corrected chi connectivity index (χ1v) is 6.89. The lowest BCUT2D eigenvalue weighted by atomic mass is 10.1. The Morgan fingerprint density at radius 2 is 2.21 bits per heavy atom. The highest BCUT2D eigenvalue weighted by molar-refractivity contribution is 5.55. The Balaban J connectivity index is 2.16. The van der Waals surface area contributed by atoms with Gasteiger partial charge in [-0.25, -0.2) is 0 Å². The molecule has 4 nitrogen and oxygen atoms in total. The number of morpholine rings is 1. The first-order chi connectivity index (χ1) is 9.13. The highest BCUT2D eigenvalue weighted by Gasteiger charge is 2.25. The Hall–Kier alpha value is -1.10. The number of ether oxygens (including phenoxy) is 1. The molecule has 4 heteroatoms. The summed E-state index contributed by atoms with van der Waals surface area (Å²) in [5.41, 5.74) is 3.82. The fourth-order valence-corrected chi connectivity index (χ4v) is 2.73. The molecule has 2 N–H and O–H groups in total. The van der Waals surface area contributed by atoms with Crippen LogP contribution in [0.1, 0.15) is 18.1 Å². The van der Waals surface area contributed by atoms with E-state index >= 15 is 0 Å². The highest BCUT2D eigenvalue weighted by atomic mass is 16.5. The van der Waals surface area contributed by atoms with Crippen LogP contribution >= 0.6 is 0 Å². The molecule has 0 aliphatic carbocycles. The summed E-state index contributed by atoms with van der Waals surface area (Å²) in [6.07, 6.45) is 0.0717. The zero-order chi connectivity index (χ0) is 13.8. The summed E-state index contributed by atoms with van der Waals surface area (Å²) < 4.78 is 5.69. The molecule has 1 saturated heterocycles. The van der Waals surface area contributed by atoms with Crippen LogP contribution in [-0.4, -0.2) is 44.1 Å². The molecule has 1 aromatic rings. The molecule has 1 heterocycles. The maximum Gasteiger partial charge on any atom is 0.0984 e. The second-order valence-corrected chi connectivity index (χ2v) is 5.31. The van der Waals surface area contributed by atoms with Crippen molar-refractivity contribution in [2.24, 2.45) is 0 Å². The van der Waals surface area contributed by atoms with Crippen LogP contribution in [0.4, 0.5) is 5.69 Å². The summed E-state index contributed by atoms with van der Waals surface area (Å²) in [5, 5.41) is 12.5. The lowest BCUT2D eigenvalue weighted by molar-refractivity contribution is -0.0421. The van der Waals surface area contributed by atoms with E-state index in [2.05, 4.69) is 42.3 Å². The van der Waals surface area contributed by atoms with Gasteiger partial charge in [0.2, 0.25) is 0 Å². The van der Waals surface area contributed by atoms with E-state index in [1.54, 1.807) is 0 Å². The van der Waals surface area contributed by atoms with Crippen molar-refractivity contribution in [2.75, 3.05) is 31.6 Å². The Kier molecular flexibility index (Phi) is 4.80. The Morgan fingerprint density at radius 3 is 2.84 bits per heavy atom. The minimum atomic E-state index is -0.0832. The molecule has 2 rings (SSSR count). The number of aryl methyl sites for hydroxylation is 1. The molecule has 2 unspecified atom stereocenters. The van der Waals surface area contributed by atoms with Crippen LogP contribution in [0.3, 0.4) is 0 Å². The van der Waals surface area contributed by atoms with Gasteiger partial charge >= 0.3 is 0 Å². The Labute approximate surface area is 115 Å². The first kappa shape index (κ1) is 14.3. The summed E-state index contributed by atoms with van der Waals surface area (Å²) in [5.74, 6) is 0. The van der Waals surface area contributed by atoms with E-state index in [0.717, 1.165) is 19.6 Å². The summed E-state index contributed by atoms with van der Waals surface area (Å²) in [6.45, 7) is 6.80. The normalized spacial score (nSPS) is 23.7. The third kappa shape index (κ3) is 3.47. The second-order valence-electron chi connectivity index (χ2n) is 5.31. The maximum absolute atomic E-state index is 9.30. The number of nitrogens with one attached hydrogen (secondary N) is 1. The average Bonchev–Trinajstić information content (AvgIpc) is 2.38. The molecule has 1 aromatic carbocycles. The molecular weight excluding hydrogens is 240 g/mol. The van der Waals surface area contributed by atoms with Crippen LogP contribution in [-0.2, 0) is 11.3 Å². The molecule has 1 aliphatic rings. The second kappa shape index (κ2) is 6.37. The van der Waals surface area contributed by atoms with Crippen molar-refractivity contribution in [1.29, 1.82) is 0 Å². The Morgan fingerprint density at radius 1 is 1.42 bits per heavy atom. The quantitative estimate of drug-likeness (QED) is 0.860. The molecule has 0 amide bonds. The van der Waals surface area contributed by atoms with Gasteiger partial charge in [0, 0.05) is 25.3 Å². The number of hydrogen-bond acceptors (Lipinski definition) is 4. The molecule has 0 aromatic heterocycles. The molecule has 1 fully saturated rings. The predicted octanol–water partition coefficient (Wildman–Crippen LogP) is 1.30. The summed E-state index contributed by atoms with van der Waals surface area (Å²) in [4.78, 5) is 2.31. The van der Waals surface area contributed by atoms with Crippen LogP contribution in [0.2, 0.25) is 0 Å². The largest absolute Gasteiger partial charge is 0.394 e. The maximum atomic E-state index is 9.30. The van der Waals surface area contributed by atoms with Gasteiger partial charge in [-0.2, -0.15) is 0 Å². The van der Waals surface area contributed by atoms with Gasteiger partial charge in [0.15, 0.2) is 0 Å². The third-order valence-electron chi connectivity index (χ3n) is 3.51. The lowest BCUT2D eigenvalue weighted by Crippen LogP contribution is -2.48. The summed E-state index contributed by atoms with van der Waals surface area (Å²) in [6, 6.07) is 6.56. The van der Waals surface area contributed by atoms with Crippen molar-refractivity contribution < 1.29 is 9.84 Å². The van der Waals surface area contributed by atoms with Crippen LogP contribution in [0.5, 0.6) is 0 Å². The van der Waals surface area contributed by atoms with Crippen LogP contribution in [0.25, 0.3) is 0 Å². The van der Waals surface area contributed by atoms with E-state index in [4.69, 9.17) is 4.74 Å². The van der Waals surface area contributed by atoms with Crippen molar-refractivity contribution in [3.8, 4) is 0 Å². The van der Waals surface area contributed by atoms with Crippen LogP contribution in [0.15, 0.2) is 18.2 Å². The smallest absolute Gasteiger partial charge is 0.0984 e. The van der Waals surface area contributed by atoms with E-state index in [1.165, 1.54) is 16.8 Å². The minimum Gasteiger partial charge on any atom is -0.394 e. The molecule has 19 heavy (non-hydrogen) atoms. The van der Waals surface area contributed by atoms with Crippen LogP contribution < -0.4 is 10.2 Å². The van der Waals surface area contributed by atoms with Crippen molar-refractivity contribution in [2.45, 2.75) is 32.6 Å². The monoisotopic (exact) mass is 264 g/mol. The minimum absolute atomic E-state index is 0.0811. The summed E-state index contributed by atoms with van der Waals surface area (Å²) >= 11 is 0. The van der Waals surface area contributed by atoms with Crippen molar-refractivity contribution in [3.05, 3.63) is 29.3 Å². The van der Waals surface area contributed by atoms with Gasteiger partial charge in [0.25, 0.3) is 0 Å². The number of benzene rings is 1. The summed E-state index contributed by atoms with van der Waals surface area (Å²) in [7, 11) is 1.96. The number of aliphatic hydroxyl groups excluding tert-OH is 1. The molecule has 2 atom stereocenters. The van der Waals surface area contributed by atoms with Gasteiger partial charge in [-0.1, -0.05) is 12.1 Å². The van der Waals surface area contributed by atoms with Gasteiger partial charge in [-0.3, -0.25) is 0 Å². The van der Waals surface area contributed by atoms with Gasteiger partial charge in [-0.05, 0) is 38.1 Å². The number of rotatable bonds is 4. The van der Waals surface area contributed by atoms with E-state index in [-0.39, 0.29) is 18.8 Å². The van der Waals surface area contributed by atoms with E-state index in [0.29, 0.717) is 0 Å². The molecule has 0 spiro atoms. The first-order valence-electron chi connectivity index (χ1n) is 6.89. The Bertz CT molecular complexity index is 423. The van der Waals surface area contributed by atoms with E-state index in [1.807, 2.05) is 7.05 Å². The molecule has 0 saturated carbocycles. The number of hydrogen-bond donors (Lipinski definition) is 2. The van der Waals surface area contributed by atoms with Crippen molar-refractivity contribution in [3.63, 3.8) is 0 Å². The van der Waals surface area contributed by atoms with Gasteiger partial charge in [0.05, 0.1) is 18.8 Å². The molecule has 1 aliphatic heterocycles. The molecular formula is C15H24N2O2. The highest BCUT2D eigenvalue weighted by Crippen LogP contribution is 2.25. The zero-order valence-electron chi connectivity index (χ0n) is 12.0. The third-order valence-corrected chi connectivity index (χ3v) is 3.51. The molecule has 0 radical (unpaired) electrons. The lowest BCUT2D eigenvalue weighted by Gasteiger charge is -2.38. The van der Waals surface area contributed by atoms with Crippen LogP contribution in [0, 0.1) is 6.92 Å². The van der Waals surface area contributed by atoms with Gasteiger partial charge in [-0.15, -0.1) is 0 Å². The van der Waals surface area contributed by atoms with Crippen molar-refractivity contribution in [1.82, 2.24) is 5.32 Å². The fourth-order valence-electron chi connectivity index (χ4n) is 2.73. The van der Waals surface area contributed by atoms with E-state index in [9.17, 15) is 5.11 Å². The topological polar surface area (TPSA) is 44.7 Å². The van der Waals surface area contributed by atoms with E-state index < -0.39 is 0 Å². The average molecular weight is 264 g/mol. The number of nitrogens with zero attached hydrogens (tertiary/aromatic N) is 1. The van der Waals surface area contributed by atoms with Gasteiger partial charge in [0.1, 0.15) is 0 Å². The fraction of sp³-hybridized carbons (Fsp3) is 0.600. The zero-order valence-corrected chi connectivity index (χ0v) is 12.0. The predicted molar refractivity (Wildman–Crippen MR) is 77.6 cm³/mol. The number of aliphatic hydroxyl groups is 1. The molecule has 106 valence electrons. The SMILES string of the molecule is CNCc1ccc(N2CC(C)OC(CO)C2)c(C)c1. The standard InChI is InChI=1S/C15H24N2O2/c1-11-6-13(7-16-3)4-5-15(11)17-8-12(2)19-14(9-17)10-18/h4-6,12,14,16,18H,7-10H2,1-3H3. The number of anilines is 1. The van der Waals surface area contributed by atoms with Crippen molar-refractivity contribution >= 4 is 5.69 Å².